The Morgan fingerprint density at radius 2 is 1.50 bits per heavy atom. The van der Waals surface area contributed by atoms with E-state index < -0.39 is 26.7 Å². The number of nitrogens with one attached hydrogen (secondary N) is 1. The van der Waals surface area contributed by atoms with Gasteiger partial charge < -0.3 is 24.7 Å². The number of unbranched alkanes of at least 4 members (excludes halogenated alkanes) is 2. The van der Waals surface area contributed by atoms with Gasteiger partial charge in [-0.25, -0.2) is 0 Å². The van der Waals surface area contributed by atoms with Crippen LogP contribution in [0.3, 0.4) is 0 Å². The Labute approximate surface area is 104 Å². The van der Waals surface area contributed by atoms with Crippen LogP contribution in [-0.2, 0) is 13.9 Å². The van der Waals surface area contributed by atoms with Crippen molar-refractivity contribution in [1.29, 1.82) is 0 Å². The van der Waals surface area contributed by atoms with Gasteiger partial charge in [-0.15, -0.1) is 0 Å². The van der Waals surface area contributed by atoms with Crippen molar-refractivity contribution in [3.8, 4) is 0 Å². The second kappa shape index (κ2) is 7.35. The van der Waals surface area contributed by atoms with E-state index in [-0.39, 0.29) is 13.0 Å². The second-order valence-electron chi connectivity index (χ2n) is 3.71. The first-order valence-electron chi connectivity index (χ1n) is 5.11. The Kier molecular flexibility index (Phi) is 7.24. The predicted molar refractivity (Wildman–Crippen MR) is 62.0 cm³/mol. The average molecular weight is 305 g/mol. The molecule has 0 amide bonds. The molecule has 0 saturated carbocycles. The van der Waals surface area contributed by atoms with Gasteiger partial charge in [0.05, 0.1) is 0 Å². The molecule has 0 spiro atoms. The maximum absolute atomic E-state index is 10.8. The third kappa shape index (κ3) is 7.94. The minimum absolute atomic E-state index is 0.0134. The molecular formula is C7H17NO8P2. The molecule has 108 valence electrons. The largest absolute Gasteiger partial charge is 0.481 e. The van der Waals surface area contributed by atoms with Crippen LogP contribution < -0.4 is 5.32 Å². The topological polar surface area (TPSA) is 164 Å². The summed E-state index contributed by atoms with van der Waals surface area (Å²) in [6, 6.07) is 0. The smallest absolute Gasteiger partial charge is 0.354 e. The summed E-state index contributed by atoms with van der Waals surface area (Å²) >= 11 is 0. The molecule has 0 aromatic carbocycles. The van der Waals surface area contributed by atoms with Gasteiger partial charge in [0.15, 0.2) is 0 Å². The van der Waals surface area contributed by atoms with Gasteiger partial charge in [-0.1, -0.05) is 6.42 Å². The molecule has 0 heterocycles. The monoisotopic (exact) mass is 305 g/mol. The Bertz CT molecular complexity index is 338. The highest BCUT2D eigenvalue weighted by molar-refractivity contribution is 7.70. The van der Waals surface area contributed by atoms with Gasteiger partial charge in [0.25, 0.3) is 0 Å². The van der Waals surface area contributed by atoms with Crippen molar-refractivity contribution in [3.63, 3.8) is 0 Å². The maximum Gasteiger partial charge on any atom is 0.354 e. The summed E-state index contributed by atoms with van der Waals surface area (Å²) in [6.07, 6.45) is 1.23. The van der Waals surface area contributed by atoms with Crippen LogP contribution in [0.1, 0.15) is 25.7 Å². The molecule has 0 atom stereocenters. The zero-order valence-electron chi connectivity index (χ0n) is 9.47. The van der Waals surface area contributed by atoms with Crippen LogP contribution in [0, 0.1) is 0 Å². The minimum Gasteiger partial charge on any atom is -0.481 e. The molecule has 0 saturated heterocycles. The minimum atomic E-state index is -4.94. The van der Waals surface area contributed by atoms with E-state index in [0.717, 1.165) is 0 Å². The lowest BCUT2D eigenvalue weighted by atomic mass is 10.2. The highest BCUT2D eigenvalue weighted by atomic mass is 31.2. The van der Waals surface area contributed by atoms with E-state index in [1.165, 1.54) is 0 Å². The molecule has 0 aliphatic rings. The Morgan fingerprint density at radius 1 is 1.00 bits per heavy atom. The highest BCUT2D eigenvalue weighted by Gasteiger charge is 2.42. The molecule has 0 unspecified atom stereocenters. The van der Waals surface area contributed by atoms with Gasteiger partial charge >= 0.3 is 21.2 Å². The molecule has 0 bridgehead atoms. The first-order chi connectivity index (χ1) is 8.05. The van der Waals surface area contributed by atoms with Crippen molar-refractivity contribution < 1.29 is 38.6 Å². The van der Waals surface area contributed by atoms with Crippen molar-refractivity contribution in [2.45, 2.75) is 31.2 Å². The van der Waals surface area contributed by atoms with E-state index in [0.29, 0.717) is 19.3 Å². The van der Waals surface area contributed by atoms with Crippen LogP contribution in [0.15, 0.2) is 0 Å². The molecule has 6 N–H and O–H groups in total. The third-order valence-electron chi connectivity index (χ3n) is 2.03. The zero-order chi connectivity index (χ0) is 14.4. The Balaban J connectivity index is 4.05. The SMILES string of the molecule is O=C(O)CCCCCNC(P(=O)(O)O)P(=O)(O)O. The molecule has 0 aliphatic carbocycles. The van der Waals surface area contributed by atoms with Crippen molar-refractivity contribution in [2.24, 2.45) is 0 Å². The van der Waals surface area contributed by atoms with Crippen molar-refractivity contribution >= 4 is 21.2 Å². The van der Waals surface area contributed by atoms with E-state index in [4.69, 9.17) is 24.7 Å². The number of aliphatic carboxylic acids is 1. The van der Waals surface area contributed by atoms with Crippen molar-refractivity contribution in [1.82, 2.24) is 5.32 Å². The number of hydrogen-bond donors (Lipinski definition) is 6. The molecule has 0 radical (unpaired) electrons. The number of rotatable bonds is 9. The number of hydrogen-bond acceptors (Lipinski definition) is 4. The quantitative estimate of drug-likeness (QED) is 0.251. The van der Waals surface area contributed by atoms with E-state index in [1.54, 1.807) is 0 Å². The lowest BCUT2D eigenvalue weighted by molar-refractivity contribution is -0.137. The average Bonchev–Trinajstić information content (AvgIpc) is 2.11. The summed E-state index contributed by atoms with van der Waals surface area (Å²) in [7, 11) is -9.87. The van der Waals surface area contributed by atoms with E-state index in [2.05, 4.69) is 5.32 Å². The summed E-state index contributed by atoms with van der Waals surface area (Å²) in [5.41, 5.74) is -2.20. The van der Waals surface area contributed by atoms with E-state index in [1.807, 2.05) is 0 Å². The molecular weight excluding hydrogens is 288 g/mol. The van der Waals surface area contributed by atoms with Crippen LogP contribution in [0.2, 0.25) is 0 Å². The number of carbonyl (C=O) groups is 1. The summed E-state index contributed by atoms with van der Waals surface area (Å²) in [5, 5.41) is 10.5. The van der Waals surface area contributed by atoms with Crippen molar-refractivity contribution in [2.75, 3.05) is 6.54 Å². The number of carboxylic acids is 1. The van der Waals surface area contributed by atoms with Gasteiger partial charge in [0.2, 0.25) is 5.52 Å². The normalized spacial score (nSPS) is 12.9. The van der Waals surface area contributed by atoms with Gasteiger partial charge in [0, 0.05) is 6.42 Å². The number of carboxylic acid groups (broad SMARTS) is 1. The van der Waals surface area contributed by atoms with E-state index in [9.17, 15) is 13.9 Å². The van der Waals surface area contributed by atoms with Crippen LogP contribution in [-0.4, -0.2) is 42.7 Å². The molecule has 0 aromatic rings. The Hall–Kier alpha value is -0.270. The van der Waals surface area contributed by atoms with Crippen LogP contribution in [0.5, 0.6) is 0 Å². The standard InChI is InChI=1S/C7H17NO8P2/c9-6(10)4-2-1-3-5-8-7(17(11,12)13)18(14,15)16/h7-8H,1-5H2,(H,9,10)(H2,11,12,13)(H2,14,15,16). The van der Waals surface area contributed by atoms with Crippen LogP contribution >= 0.6 is 15.2 Å². The lowest BCUT2D eigenvalue weighted by Gasteiger charge is -2.20. The summed E-state index contributed by atoms with van der Waals surface area (Å²) in [5.74, 6) is -0.939. The molecule has 0 fully saturated rings. The summed E-state index contributed by atoms with van der Waals surface area (Å²) < 4.78 is 21.7. The van der Waals surface area contributed by atoms with Gasteiger partial charge in [-0.3, -0.25) is 19.2 Å². The zero-order valence-corrected chi connectivity index (χ0v) is 11.3. The van der Waals surface area contributed by atoms with Gasteiger partial charge in [-0.2, -0.15) is 0 Å². The molecule has 18 heavy (non-hydrogen) atoms. The molecule has 11 heteroatoms. The molecule has 9 nitrogen and oxygen atoms in total. The summed E-state index contributed by atoms with van der Waals surface area (Å²) in [6.45, 7) is -0.0134. The molecule has 0 rings (SSSR count). The fourth-order valence-electron chi connectivity index (χ4n) is 1.24. The Morgan fingerprint density at radius 3 is 1.89 bits per heavy atom. The van der Waals surface area contributed by atoms with Gasteiger partial charge in [0.1, 0.15) is 0 Å². The fourth-order valence-corrected chi connectivity index (χ4v) is 3.54. The molecule has 0 aromatic heterocycles. The molecule has 0 aliphatic heterocycles. The first-order valence-corrected chi connectivity index (χ1v) is 8.47. The maximum atomic E-state index is 10.8. The summed E-state index contributed by atoms with van der Waals surface area (Å²) in [4.78, 5) is 45.3. The first kappa shape index (κ1) is 17.7. The van der Waals surface area contributed by atoms with Crippen LogP contribution in [0.25, 0.3) is 0 Å². The fraction of sp³-hybridized carbons (Fsp3) is 0.857. The highest BCUT2D eigenvalue weighted by Crippen LogP contribution is 2.58. The van der Waals surface area contributed by atoms with Crippen molar-refractivity contribution in [3.05, 3.63) is 0 Å². The lowest BCUT2D eigenvalue weighted by Crippen LogP contribution is -2.29. The predicted octanol–water partition coefficient (Wildman–Crippen LogP) is -0.140. The van der Waals surface area contributed by atoms with E-state index >= 15 is 0 Å². The second-order valence-corrected chi connectivity index (χ2v) is 7.51. The third-order valence-corrected chi connectivity index (χ3v) is 5.48. The van der Waals surface area contributed by atoms with Gasteiger partial charge in [-0.05, 0) is 19.4 Å². The van der Waals surface area contributed by atoms with Crippen LogP contribution in [0.4, 0.5) is 0 Å².